The van der Waals surface area contributed by atoms with Crippen molar-refractivity contribution in [1.82, 2.24) is 0 Å². The van der Waals surface area contributed by atoms with Crippen LogP contribution >= 0.6 is 0 Å². The fourth-order valence-electron chi connectivity index (χ4n) is 3.45. The summed E-state index contributed by atoms with van der Waals surface area (Å²) in [4.78, 5) is 12.5. The van der Waals surface area contributed by atoms with E-state index in [4.69, 9.17) is 9.47 Å². The SMILES string of the molecule is COc1ccc2c(c1)C1(COC(C[Si](C)(C)C)C1)C(=O)N2. The number of benzene rings is 1. The molecule has 1 N–H and O–H groups in total. The number of methoxy groups -OCH3 is 1. The molecule has 2 atom stereocenters. The van der Waals surface area contributed by atoms with Crippen LogP contribution < -0.4 is 10.1 Å². The Hall–Kier alpha value is -1.33. The van der Waals surface area contributed by atoms with E-state index in [1.807, 2.05) is 18.2 Å². The van der Waals surface area contributed by atoms with Crippen LogP contribution in [0.4, 0.5) is 5.69 Å². The highest BCUT2D eigenvalue weighted by Gasteiger charge is 2.53. The molecule has 3 rings (SSSR count). The highest BCUT2D eigenvalue weighted by molar-refractivity contribution is 6.76. The number of rotatable bonds is 3. The molecule has 0 radical (unpaired) electrons. The normalized spacial score (nSPS) is 27.8. The topological polar surface area (TPSA) is 47.6 Å². The van der Waals surface area contributed by atoms with Crippen molar-refractivity contribution in [1.29, 1.82) is 0 Å². The molecule has 1 aromatic rings. The summed E-state index contributed by atoms with van der Waals surface area (Å²) in [6.45, 7) is 7.50. The molecule has 1 aromatic carbocycles. The van der Waals surface area contributed by atoms with E-state index in [2.05, 4.69) is 25.0 Å². The molecule has 1 saturated heterocycles. The van der Waals surface area contributed by atoms with Crippen LogP contribution in [0.2, 0.25) is 25.7 Å². The van der Waals surface area contributed by atoms with Gasteiger partial charge in [0.15, 0.2) is 0 Å². The molecule has 4 nitrogen and oxygen atoms in total. The monoisotopic (exact) mass is 305 g/mol. The first-order chi connectivity index (χ1) is 9.84. The number of carbonyl (C=O) groups excluding carboxylic acids is 1. The Morgan fingerprint density at radius 2 is 2.19 bits per heavy atom. The van der Waals surface area contributed by atoms with Gasteiger partial charge in [0.05, 0.1) is 19.8 Å². The van der Waals surface area contributed by atoms with E-state index in [-0.39, 0.29) is 12.0 Å². The molecule has 2 unspecified atom stereocenters. The van der Waals surface area contributed by atoms with Crippen LogP contribution in [0.25, 0.3) is 0 Å². The molecular formula is C16H23NO3Si. The Morgan fingerprint density at radius 1 is 1.43 bits per heavy atom. The molecule has 21 heavy (non-hydrogen) atoms. The van der Waals surface area contributed by atoms with Crippen LogP contribution in [-0.2, 0) is 14.9 Å². The molecule has 0 aliphatic carbocycles. The Labute approximate surface area is 126 Å². The minimum absolute atomic E-state index is 0.0730. The van der Waals surface area contributed by atoms with Gasteiger partial charge in [0.25, 0.3) is 0 Å². The number of amides is 1. The lowest BCUT2D eigenvalue weighted by Crippen LogP contribution is -2.35. The summed E-state index contributed by atoms with van der Waals surface area (Å²) >= 11 is 0. The Balaban J connectivity index is 1.91. The van der Waals surface area contributed by atoms with Gasteiger partial charge in [0.1, 0.15) is 11.2 Å². The second kappa shape index (κ2) is 4.85. The summed E-state index contributed by atoms with van der Waals surface area (Å²) in [6, 6.07) is 6.88. The van der Waals surface area contributed by atoms with Crippen molar-refractivity contribution in [3.8, 4) is 5.75 Å². The largest absolute Gasteiger partial charge is 0.497 e. The minimum atomic E-state index is -1.20. The van der Waals surface area contributed by atoms with Gasteiger partial charge in [-0.25, -0.2) is 0 Å². The molecule has 0 bridgehead atoms. The second-order valence-corrected chi connectivity index (χ2v) is 12.9. The lowest BCUT2D eigenvalue weighted by molar-refractivity contribution is -0.120. The molecule has 2 heterocycles. The van der Waals surface area contributed by atoms with E-state index < -0.39 is 13.5 Å². The molecule has 1 spiro atoms. The first-order valence-corrected chi connectivity index (χ1v) is 11.2. The van der Waals surface area contributed by atoms with Crippen LogP contribution in [0.1, 0.15) is 12.0 Å². The highest BCUT2D eigenvalue weighted by atomic mass is 28.3. The number of carbonyl (C=O) groups is 1. The third-order valence-electron chi connectivity index (χ3n) is 4.41. The molecule has 1 fully saturated rings. The van der Waals surface area contributed by atoms with Crippen molar-refractivity contribution in [3.63, 3.8) is 0 Å². The van der Waals surface area contributed by atoms with Crippen molar-refractivity contribution in [2.24, 2.45) is 0 Å². The maximum absolute atomic E-state index is 12.5. The average Bonchev–Trinajstić information content (AvgIpc) is 2.92. The summed E-state index contributed by atoms with van der Waals surface area (Å²) in [7, 11) is 0.448. The Kier molecular flexibility index (Phi) is 3.37. The lowest BCUT2D eigenvalue weighted by atomic mass is 9.79. The minimum Gasteiger partial charge on any atom is -0.497 e. The Morgan fingerprint density at radius 3 is 2.86 bits per heavy atom. The van der Waals surface area contributed by atoms with Crippen molar-refractivity contribution < 1.29 is 14.3 Å². The van der Waals surface area contributed by atoms with Gasteiger partial charge in [-0.3, -0.25) is 4.79 Å². The zero-order valence-electron chi connectivity index (χ0n) is 13.2. The van der Waals surface area contributed by atoms with Crippen molar-refractivity contribution >= 4 is 19.7 Å². The van der Waals surface area contributed by atoms with Crippen LogP contribution in [-0.4, -0.2) is 33.8 Å². The zero-order valence-corrected chi connectivity index (χ0v) is 14.2. The summed E-state index contributed by atoms with van der Waals surface area (Å²) in [5, 5.41) is 3.00. The number of fused-ring (bicyclic) bond motifs is 2. The molecule has 1 amide bonds. The van der Waals surface area contributed by atoms with Crippen LogP contribution in [0.5, 0.6) is 5.75 Å². The molecule has 114 valence electrons. The van der Waals surface area contributed by atoms with Crippen LogP contribution in [0.3, 0.4) is 0 Å². The summed E-state index contributed by atoms with van der Waals surface area (Å²) in [6.07, 6.45) is 0.975. The van der Waals surface area contributed by atoms with Crippen LogP contribution in [0, 0.1) is 0 Å². The first kappa shape index (κ1) is 14.6. The number of hydrogen-bond donors (Lipinski definition) is 1. The maximum Gasteiger partial charge on any atom is 0.237 e. The van der Waals surface area contributed by atoms with E-state index in [9.17, 15) is 4.79 Å². The fourth-order valence-corrected chi connectivity index (χ4v) is 5.07. The second-order valence-electron chi connectivity index (χ2n) is 7.35. The molecule has 2 aliphatic heterocycles. The summed E-state index contributed by atoms with van der Waals surface area (Å²) < 4.78 is 11.3. The van der Waals surface area contributed by atoms with Crippen molar-refractivity contribution in [2.45, 2.75) is 43.6 Å². The number of anilines is 1. The van der Waals surface area contributed by atoms with Crippen molar-refractivity contribution in [2.75, 3.05) is 19.0 Å². The highest BCUT2D eigenvalue weighted by Crippen LogP contribution is 2.47. The Bertz CT molecular complexity index is 581. The van der Waals surface area contributed by atoms with E-state index in [1.54, 1.807) is 7.11 Å². The average molecular weight is 305 g/mol. The van der Waals surface area contributed by atoms with Gasteiger partial charge in [0.2, 0.25) is 5.91 Å². The lowest BCUT2D eigenvalue weighted by Gasteiger charge is -2.22. The number of hydrogen-bond acceptors (Lipinski definition) is 3. The molecule has 0 saturated carbocycles. The van der Waals surface area contributed by atoms with Crippen molar-refractivity contribution in [3.05, 3.63) is 23.8 Å². The van der Waals surface area contributed by atoms with Gasteiger partial charge in [0, 0.05) is 13.8 Å². The summed E-state index contributed by atoms with van der Waals surface area (Å²) in [5.41, 5.74) is 1.41. The van der Waals surface area contributed by atoms with Gasteiger partial charge >= 0.3 is 0 Å². The standard InChI is InChI=1S/C16H23NO3Si/c1-19-11-5-6-14-13(7-11)16(15(18)17-14)8-12(20-10-16)9-21(2,3)4/h5-7,12H,8-10H2,1-4H3,(H,17,18). The van der Waals surface area contributed by atoms with E-state index in [1.165, 1.54) is 0 Å². The zero-order chi connectivity index (χ0) is 15.3. The molecule has 5 heteroatoms. The van der Waals surface area contributed by atoms with E-state index >= 15 is 0 Å². The predicted octanol–water partition coefficient (Wildman–Crippen LogP) is 3.01. The van der Waals surface area contributed by atoms with Gasteiger partial charge in [-0.2, -0.15) is 0 Å². The quantitative estimate of drug-likeness (QED) is 0.873. The maximum atomic E-state index is 12.5. The first-order valence-electron chi connectivity index (χ1n) is 7.46. The summed E-state index contributed by atoms with van der Waals surface area (Å²) in [5.74, 6) is 0.863. The van der Waals surface area contributed by atoms with Gasteiger partial charge in [-0.15, -0.1) is 0 Å². The number of nitrogens with one attached hydrogen (secondary N) is 1. The van der Waals surface area contributed by atoms with Gasteiger partial charge in [-0.05, 0) is 36.2 Å². The van der Waals surface area contributed by atoms with Gasteiger partial charge in [-0.1, -0.05) is 19.6 Å². The number of ether oxygens (including phenoxy) is 2. The third kappa shape index (κ3) is 2.49. The molecule has 0 aromatic heterocycles. The fraction of sp³-hybridized carbons (Fsp3) is 0.562. The smallest absolute Gasteiger partial charge is 0.237 e. The predicted molar refractivity (Wildman–Crippen MR) is 85.8 cm³/mol. The molecular weight excluding hydrogens is 282 g/mol. The molecule has 2 aliphatic rings. The third-order valence-corrected chi connectivity index (χ3v) is 6.09. The van der Waals surface area contributed by atoms with E-state index in [0.717, 1.165) is 29.5 Å². The van der Waals surface area contributed by atoms with E-state index in [0.29, 0.717) is 6.61 Å². The van der Waals surface area contributed by atoms with Gasteiger partial charge < -0.3 is 14.8 Å². The van der Waals surface area contributed by atoms with Crippen LogP contribution in [0.15, 0.2) is 18.2 Å².